The van der Waals surface area contributed by atoms with Crippen LogP contribution >= 0.6 is 0 Å². The molecule has 0 aromatic heterocycles. The summed E-state index contributed by atoms with van der Waals surface area (Å²) in [7, 11) is 0. The van der Waals surface area contributed by atoms with E-state index in [0.717, 1.165) is 10.5 Å². The Hall–Kier alpha value is -3.10. The summed E-state index contributed by atoms with van der Waals surface area (Å²) in [4.78, 5) is 49.4. The SMILES string of the molecule is C[C@H]1C(=O)N(C(CCC(=O)O)C(=O)O)CCN1C(=O)OCc1ccccc1. The smallest absolute Gasteiger partial charge is 0.410 e. The number of hydrogen-bond acceptors (Lipinski definition) is 5. The standard InChI is InChI=1S/C18H22N2O7/c1-12-16(23)20(14(17(24)25)7-8-15(21)22)10-9-19(12)18(26)27-11-13-5-3-2-4-6-13/h2-6,12,14H,7-11H2,1H3,(H,21,22)(H,24,25)/t12-,14?/m0/s1. The lowest BCUT2D eigenvalue weighted by Gasteiger charge is -2.40. The van der Waals surface area contributed by atoms with Gasteiger partial charge in [0.05, 0.1) is 0 Å². The summed E-state index contributed by atoms with van der Waals surface area (Å²) in [5.74, 6) is -2.95. The number of ether oxygens (including phenoxy) is 1. The Morgan fingerprint density at radius 2 is 1.85 bits per heavy atom. The van der Waals surface area contributed by atoms with Gasteiger partial charge in [-0.1, -0.05) is 30.3 Å². The topological polar surface area (TPSA) is 124 Å². The molecule has 27 heavy (non-hydrogen) atoms. The maximum absolute atomic E-state index is 12.6. The molecule has 0 radical (unpaired) electrons. The Morgan fingerprint density at radius 1 is 1.19 bits per heavy atom. The van der Waals surface area contributed by atoms with E-state index in [0.29, 0.717) is 0 Å². The molecule has 0 spiro atoms. The highest BCUT2D eigenvalue weighted by Gasteiger charge is 2.40. The van der Waals surface area contributed by atoms with E-state index in [1.54, 1.807) is 12.1 Å². The zero-order valence-electron chi connectivity index (χ0n) is 14.9. The molecule has 0 bridgehead atoms. The van der Waals surface area contributed by atoms with Crippen LogP contribution in [0.5, 0.6) is 0 Å². The predicted molar refractivity (Wildman–Crippen MR) is 92.8 cm³/mol. The van der Waals surface area contributed by atoms with Gasteiger partial charge in [0.2, 0.25) is 5.91 Å². The second-order valence-electron chi connectivity index (χ2n) is 6.23. The molecule has 1 heterocycles. The van der Waals surface area contributed by atoms with Crippen molar-refractivity contribution in [2.24, 2.45) is 0 Å². The zero-order valence-corrected chi connectivity index (χ0v) is 14.9. The summed E-state index contributed by atoms with van der Waals surface area (Å²) in [6.45, 7) is 1.67. The summed E-state index contributed by atoms with van der Waals surface area (Å²) in [5, 5.41) is 18.1. The minimum atomic E-state index is -1.27. The van der Waals surface area contributed by atoms with E-state index in [2.05, 4.69) is 0 Å². The van der Waals surface area contributed by atoms with Gasteiger partial charge in [-0.15, -0.1) is 0 Å². The summed E-state index contributed by atoms with van der Waals surface area (Å²) in [6, 6.07) is 6.95. The van der Waals surface area contributed by atoms with Crippen molar-refractivity contribution < 1.29 is 34.1 Å². The highest BCUT2D eigenvalue weighted by molar-refractivity contribution is 5.90. The van der Waals surface area contributed by atoms with E-state index in [1.807, 2.05) is 18.2 Å². The number of piperazine rings is 1. The van der Waals surface area contributed by atoms with E-state index in [1.165, 1.54) is 11.8 Å². The third kappa shape index (κ3) is 5.19. The van der Waals surface area contributed by atoms with E-state index in [4.69, 9.17) is 9.84 Å². The average molecular weight is 378 g/mol. The van der Waals surface area contributed by atoms with Gasteiger partial charge in [0.25, 0.3) is 0 Å². The number of carbonyl (C=O) groups excluding carboxylic acids is 2. The highest BCUT2D eigenvalue weighted by Crippen LogP contribution is 2.18. The molecule has 9 heteroatoms. The molecular formula is C18H22N2O7. The van der Waals surface area contributed by atoms with Crippen molar-refractivity contribution >= 4 is 23.9 Å². The molecule has 2 rings (SSSR count). The van der Waals surface area contributed by atoms with Gasteiger partial charge in [0.1, 0.15) is 18.7 Å². The van der Waals surface area contributed by atoms with Crippen LogP contribution in [-0.2, 0) is 25.7 Å². The molecule has 9 nitrogen and oxygen atoms in total. The van der Waals surface area contributed by atoms with Gasteiger partial charge >= 0.3 is 18.0 Å². The van der Waals surface area contributed by atoms with Crippen molar-refractivity contribution in [3.63, 3.8) is 0 Å². The normalized spacial score (nSPS) is 18.1. The van der Waals surface area contributed by atoms with E-state index >= 15 is 0 Å². The van der Waals surface area contributed by atoms with E-state index in [-0.39, 0.29) is 32.5 Å². The van der Waals surface area contributed by atoms with Crippen LogP contribution in [0, 0.1) is 0 Å². The first-order valence-corrected chi connectivity index (χ1v) is 8.53. The molecule has 146 valence electrons. The molecule has 1 unspecified atom stereocenters. The number of rotatable bonds is 7. The fourth-order valence-electron chi connectivity index (χ4n) is 2.93. The average Bonchev–Trinajstić information content (AvgIpc) is 2.63. The highest BCUT2D eigenvalue weighted by atomic mass is 16.6. The van der Waals surface area contributed by atoms with Crippen molar-refractivity contribution in [3.05, 3.63) is 35.9 Å². The molecule has 1 saturated heterocycles. The number of carboxylic acids is 2. The molecule has 1 aliphatic heterocycles. The first kappa shape index (κ1) is 20.2. The van der Waals surface area contributed by atoms with Gasteiger partial charge in [-0.2, -0.15) is 0 Å². The van der Waals surface area contributed by atoms with Gasteiger partial charge in [0, 0.05) is 19.5 Å². The third-order valence-corrected chi connectivity index (χ3v) is 4.42. The van der Waals surface area contributed by atoms with Crippen molar-refractivity contribution in [2.75, 3.05) is 13.1 Å². The van der Waals surface area contributed by atoms with Crippen molar-refractivity contribution in [1.82, 2.24) is 9.80 Å². The van der Waals surface area contributed by atoms with Crippen LogP contribution in [0.25, 0.3) is 0 Å². The Kier molecular flexibility index (Phi) is 6.75. The van der Waals surface area contributed by atoms with Crippen LogP contribution in [0.2, 0.25) is 0 Å². The molecule has 1 fully saturated rings. The van der Waals surface area contributed by atoms with Crippen LogP contribution in [-0.4, -0.2) is 69.1 Å². The molecule has 2 N–H and O–H groups in total. The number of nitrogens with zero attached hydrogens (tertiary/aromatic N) is 2. The number of benzene rings is 1. The first-order chi connectivity index (χ1) is 12.8. The van der Waals surface area contributed by atoms with Gasteiger partial charge in [-0.3, -0.25) is 14.5 Å². The lowest BCUT2D eigenvalue weighted by molar-refractivity contribution is -0.156. The van der Waals surface area contributed by atoms with E-state index < -0.39 is 36.0 Å². The first-order valence-electron chi connectivity index (χ1n) is 8.53. The number of hydrogen-bond donors (Lipinski definition) is 2. The van der Waals surface area contributed by atoms with Gasteiger partial charge in [-0.25, -0.2) is 9.59 Å². The molecule has 1 aromatic rings. The van der Waals surface area contributed by atoms with Gasteiger partial charge in [0.15, 0.2) is 0 Å². The summed E-state index contributed by atoms with van der Waals surface area (Å²) < 4.78 is 5.23. The Balaban J connectivity index is 1.98. The predicted octanol–water partition coefficient (Wildman–Crippen LogP) is 1.17. The van der Waals surface area contributed by atoms with Crippen LogP contribution in [0.1, 0.15) is 25.3 Å². The minimum absolute atomic E-state index is 0.000194. The van der Waals surface area contributed by atoms with Crippen molar-refractivity contribution in [1.29, 1.82) is 0 Å². The number of carbonyl (C=O) groups is 4. The maximum Gasteiger partial charge on any atom is 0.410 e. The summed E-state index contributed by atoms with van der Waals surface area (Å²) in [5.41, 5.74) is 0.808. The lowest BCUT2D eigenvalue weighted by atomic mass is 10.1. The van der Waals surface area contributed by atoms with Crippen LogP contribution in [0.3, 0.4) is 0 Å². The Labute approximate surface area is 156 Å². The number of carboxylic acid groups (broad SMARTS) is 2. The Bertz CT molecular complexity index is 707. The molecule has 1 aromatic carbocycles. The quantitative estimate of drug-likeness (QED) is 0.730. The van der Waals surface area contributed by atoms with Crippen LogP contribution in [0.4, 0.5) is 4.79 Å². The lowest BCUT2D eigenvalue weighted by Crippen LogP contribution is -2.61. The van der Waals surface area contributed by atoms with E-state index in [9.17, 15) is 24.3 Å². The third-order valence-electron chi connectivity index (χ3n) is 4.42. The molecule has 0 aliphatic carbocycles. The van der Waals surface area contributed by atoms with Crippen molar-refractivity contribution in [2.45, 2.75) is 38.5 Å². The summed E-state index contributed by atoms with van der Waals surface area (Å²) in [6.07, 6.45) is -1.21. The van der Waals surface area contributed by atoms with Gasteiger partial charge < -0.3 is 19.8 Å². The second-order valence-corrected chi connectivity index (χ2v) is 6.23. The largest absolute Gasteiger partial charge is 0.481 e. The monoisotopic (exact) mass is 378 g/mol. The molecular weight excluding hydrogens is 356 g/mol. The fraction of sp³-hybridized carbons (Fsp3) is 0.444. The van der Waals surface area contributed by atoms with Crippen LogP contribution < -0.4 is 0 Å². The molecule has 0 saturated carbocycles. The maximum atomic E-state index is 12.6. The number of aliphatic carboxylic acids is 2. The fourth-order valence-corrected chi connectivity index (χ4v) is 2.93. The van der Waals surface area contributed by atoms with Gasteiger partial charge in [-0.05, 0) is 18.9 Å². The van der Waals surface area contributed by atoms with Crippen molar-refractivity contribution in [3.8, 4) is 0 Å². The Morgan fingerprint density at radius 3 is 2.44 bits per heavy atom. The summed E-state index contributed by atoms with van der Waals surface area (Å²) >= 11 is 0. The molecule has 2 atom stereocenters. The molecule has 2 amide bonds. The second kappa shape index (κ2) is 9.02. The minimum Gasteiger partial charge on any atom is -0.481 e. The molecule has 1 aliphatic rings. The number of amides is 2. The zero-order chi connectivity index (χ0) is 20.0. The van der Waals surface area contributed by atoms with Crippen LogP contribution in [0.15, 0.2) is 30.3 Å².